The summed E-state index contributed by atoms with van der Waals surface area (Å²) in [5.41, 5.74) is 4.68. The molecule has 0 bridgehead atoms. The number of morpholine rings is 1. The number of hydrogen-bond donors (Lipinski definition) is 0. The largest absolute Gasteiger partial charge is 0.379 e. The van der Waals surface area contributed by atoms with E-state index < -0.39 is 0 Å². The number of carbonyl (C=O) groups is 1. The number of fused-ring (bicyclic) bond motifs is 1. The van der Waals surface area contributed by atoms with Crippen LogP contribution in [0.4, 0.5) is 0 Å². The number of nitrogens with zero attached hydrogens (tertiary/aromatic N) is 4. The van der Waals surface area contributed by atoms with Gasteiger partial charge in [-0.15, -0.1) is 0 Å². The standard InChI is InChI=1S/C26H36N4O2/c1-19-22(20(2)30(27-19)21-8-6-5-7-9-21)14-24(31)29-15-23-25(3,4)16-26(23,18-29)17-28-10-12-32-13-11-28/h5-9,23H,10-18H2,1-4H3/t23-,26+/m1/s1. The van der Waals surface area contributed by atoms with Gasteiger partial charge < -0.3 is 9.64 Å². The summed E-state index contributed by atoms with van der Waals surface area (Å²) in [5, 5.41) is 4.74. The predicted molar refractivity (Wildman–Crippen MR) is 125 cm³/mol. The summed E-state index contributed by atoms with van der Waals surface area (Å²) in [4.78, 5) is 18.2. The molecule has 6 nitrogen and oxygen atoms in total. The summed E-state index contributed by atoms with van der Waals surface area (Å²) in [6.45, 7) is 15.4. The highest BCUT2D eigenvalue weighted by molar-refractivity contribution is 5.80. The smallest absolute Gasteiger partial charge is 0.227 e. The Balaban J connectivity index is 1.32. The Kier molecular flexibility index (Phi) is 5.41. The molecule has 2 atom stereocenters. The predicted octanol–water partition coefficient (Wildman–Crippen LogP) is 3.24. The van der Waals surface area contributed by atoms with E-state index in [0.29, 0.717) is 17.8 Å². The molecule has 1 saturated carbocycles. The van der Waals surface area contributed by atoms with E-state index in [0.717, 1.165) is 68.6 Å². The van der Waals surface area contributed by atoms with Gasteiger partial charge in [0.05, 0.1) is 31.0 Å². The second-order valence-corrected chi connectivity index (χ2v) is 10.8. The van der Waals surface area contributed by atoms with Crippen molar-refractivity contribution in [1.82, 2.24) is 19.6 Å². The molecule has 1 aliphatic carbocycles. The lowest BCUT2D eigenvalue weighted by Crippen LogP contribution is -2.59. The van der Waals surface area contributed by atoms with Crippen LogP contribution in [0.1, 0.15) is 37.2 Å². The van der Waals surface area contributed by atoms with Crippen LogP contribution in [0.3, 0.4) is 0 Å². The van der Waals surface area contributed by atoms with Gasteiger partial charge in [-0.2, -0.15) is 5.10 Å². The van der Waals surface area contributed by atoms with Crippen molar-refractivity contribution in [2.24, 2.45) is 16.7 Å². The maximum Gasteiger partial charge on any atom is 0.227 e. The minimum Gasteiger partial charge on any atom is -0.379 e. The second-order valence-electron chi connectivity index (χ2n) is 10.8. The highest BCUT2D eigenvalue weighted by Crippen LogP contribution is 2.63. The van der Waals surface area contributed by atoms with Crippen LogP contribution in [0.2, 0.25) is 0 Å². The van der Waals surface area contributed by atoms with Crippen LogP contribution < -0.4 is 0 Å². The fourth-order valence-electron chi connectivity index (χ4n) is 6.75. The van der Waals surface area contributed by atoms with Crippen molar-refractivity contribution in [1.29, 1.82) is 0 Å². The first-order valence-corrected chi connectivity index (χ1v) is 12.0. The summed E-state index contributed by atoms with van der Waals surface area (Å²) < 4.78 is 7.52. The van der Waals surface area contributed by atoms with Gasteiger partial charge >= 0.3 is 0 Å². The van der Waals surface area contributed by atoms with E-state index in [1.165, 1.54) is 6.42 Å². The summed E-state index contributed by atoms with van der Waals surface area (Å²) in [6, 6.07) is 10.2. The van der Waals surface area contributed by atoms with E-state index in [4.69, 9.17) is 9.84 Å². The number of para-hydroxylation sites is 1. The van der Waals surface area contributed by atoms with E-state index in [9.17, 15) is 4.79 Å². The third-order valence-corrected chi connectivity index (χ3v) is 8.16. The van der Waals surface area contributed by atoms with Gasteiger partial charge in [0.2, 0.25) is 5.91 Å². The van der Waals surface area contributed by atoms with E-state index in [1.807, 2.05) is 29.8 Å². The average Bonchev–Trinajstić information content (AvgIpc) is 3.24. The third-order valence-electron chi connectivity index (χ3n) is 8.16. The van der Waals surface area contributed by atoms with Crippen molar-refractivity contribution in [3.8, 4) is 5.69 Å². The zero-order chi connectivity index (χ0) is 22.5. The van der Waals surface area contributed by atoms with Crippen LogP contribution in [0.5, 0.6) is 0 Å². The Hall–Kier alpha value is -2.18. The number of benzene rings is 1. The number of aromatic nitrogens is 2. The van der Waals surface area contributed by atoms with Gasteiger partial charge in [0.15, 0.2) is 0 Å². The Morgan fingerprint density at radius 1 is 1.16 bits per heavy atom. The monoisotopic (exact) mass is 436 g/mol. The topological polar surface area (TPSA) is 50.6 Å². The minimum atomic E-state index is 0.245. The van der Waals surface area contributed by atoms with Gasteiger partial charge in [-0.05, 0) is 43.7 Å². The van der Waals surface area contributed by atoms with E-state index >= 15 is 0 Å². The Labute approximate surface area is 191 Å². The maximum atomic E-state index is 13.5. The molecular formula is C26H36N4O2. The summed E-state index contributed by atoms with van der Waals surface area (Å²) >= 11 is 0. The minimum absolute atomic E-state index is 0.245. The van der Waals surface area contributed by atoms with Crippen molar-refractivity contribution in [2.45, 2.75) is 40.5 Å². The van der Waals surface area contributed by atoms with Gasteiger partial charge in [-0.25, -0.2) is 4.68 Å². The normalized spacial score (nSPS) is 27.2. The highest BCUT2D eigenvalue weighted by Gasteiger charge is 2.63. The molecular weight excluding hydrogens is 400 g/mol. The first kappa shape index (κ1) is 21.7. The molecule has 3 heterocycles. The Morgan fingerprint density at radius 3 is 2.56 bits per heavy atom. The highest BCUT2D eigenvalue weighted by atomic mass is 16.5. The Morgan fingerprint density at radius 2 is 1.88 bits per heavy atom. The number of amides is 1. The van der Waals surface area contributed by atoms with Gasteiger partial charge in [0.25, 0.3) is 0 Å². The number of aryl methyl sites for hydroxylation is 1. The number of ether oxygens (including phenoxy) is 1. The first-order chi connectivity index (χ1) is 15.3. The second kappa shape index (κ2) is 7.99. The fourth-order valence-corrected chi connectivity index (χ4v) is 6.75. The maximum absolute atomic E-state index is 13.5. The molecule has 1 aromatic carbocycles. The van der Waals surface area contributed by atoms with Gasteiger partial charge in [0.1, 0.15) is 0 Å². The molecule has 32 heavy (non-hydrogen) atoms. The van der Waals surface area contributed by atoms with E-state index in [1.54, 1.807) is 0 Å². The lowest BCUT2D eigenvalue weighted by atomic mass is 9.48. The molecule has 2 aliphatic heterocycles. The number of hydrogen-bond acceptors (Lipinski definition) is 4. The molecule has 0 N–H and O–H groups in total. The molecule has 1 amide bonds. The lowest BCUT2D eigenvalue weighted by Gasteiger charge is -2.58. The van der Waals surface area contributed by atoms with Crippen LogP contribution in [-0.4, -0.2) is 71.4 Å². The molecule has 5 rings (SSSR count). The Bertz CT molecular complexity index is 993. The van der Waals surface area contributed by atoms with E-state index in [2.05, 4.69) is 42.7 Å². The molecule has 172 valence electrons. The quantitative estimate of drug-likeness (QED) is 0.722. The fraction of sp³-hybridized carbons (Fsp3) is 0.615. The molecule has 0 unspecified atom stereocenters. The van der Waals surface area contributed by atoms with Crippen LogP contribution >= 0.6 is 0 Å². The van der Waals surface area contributed by atoms with E-state index in [-0.39, 0.29) is 11.3 Å². The third kappa shape index (κ3) is 3.67. The molecule has 2 saturated heterocycles. The van der Waals surface area contributed by atoms with Gasteiger partial charge in [-0.3, -0.25) is 9.69 Å². The summed E-state index contributed by atoms with van der Waals surface area (Å²) in [5.74, 6) is 0.825. The van der Waals surface area contributed by atoms with Crippen LogP contribution in [0, 0.1) is 30.6 Å². The molecule has 0 spiro atoms. The average molecular weight is 437 g/mol. The van der Waals surface area contributed by atoms with Gasteiger partial charge in [0, 0.05) is 49.4 Å². The van der Waals surface area contributed by atoms with Crippen molar-refractivity contribution in [2.75, 3.05) is 45.9 Å². The van der Waals surface area contributed by atoms with Crippen LogP contribution in [0.15, 0.2) is 30.3 Å². The SMILES string of the molecule is Cc1nn(-c2ccccc2)c(C)c1CC(=O)N1C[C@@H]2C(C)(C)C[C@]2(CN2CCOCC2)C1. The van der Waals surface area contributed by atoms with Crippen molar-refractivity contribution in [3.05, 3.63) is 47.3 Å². The zero-order valence-corrected chi connectivity index (χ0v) is 19.9. The zero-order valence-electron chi connectivity index (χ0n) is 19.9. The number of carbonyl (C=O) groups excluding carboxylic acids is 1. The number of likely N-dealkylation sites (tertiary alicyclic amines) is 1. The molecule has 0 radical (unpaired) electrons. The van der Waals surface area contributed by atoms with Crippen LogP contribution in [0.25, 0.3) is 5.69 Å². The molecule has 2 aromatic rings. The molecule has 1 aromatic heterocycles. The molecule has 3 aliphatic rings. The molecule has 3 fully saturated rings. The first-order valence-electron chi connectivity index (χ1n) is 12.0. The van der Waals surface area contributed by atoms with Crippen molar-refractivity contribution < 1.29 is 9.53 Å². The molecule has 6 heteroatoms. The van der Waals surface area contributed by atoms with Crippen LogP contribution in [-0.2, 0) is 16.0 Å². The lowest BCUT2D eigenvalue weighted by molar-refractivity contribution is -0.130. The summed E-state index contributed by atoms with van der Waals surface area (Å²) in [6.07, 6.45) is 1.64. The van der Waals surface area contributed by atoms with Gasteiger partial charge in [-0.1, -0.05) is 32.0 Å². The number of rotatable bonds is 5. The summed E-state index contributed by atoms with van der Waals surface area (Å²) in [7, 11) is 0. The van der Waals surface area contributed by atoms with Crippen molar-refractivity contribution in [3.63, 3.8) is 0 Å². The van der Waals surface area contributed by atoms with Crippen molar-refractivity contribution >= 4 is 5.91 Å².